The van der Waals surface area contributed by atoms with Crippen molar-refractivity contribution >= 4 is 52.0 Å². The van der Waals surface area contributed by atoms with Crippen LogP contribution >= 0.6 is 34.4 Å². The molecule has 1 amide bonds. The van der Waals surface area contributed by atoms with E-state index in [2.05, 4.69) is 58.2 Å². The van der Waals surface area contributed by atoms with Gasteiger partial charge in [-0.25, -0.2) is 0 Å². The summed E-state index contributed by atoms with van der Waals surface area (Å²) in [4.78, 5) is 13.0. The number of carbonyl (C=O) groups is 1. The Balaban J connectivity index is 1.67. The summed E-state index contributed by atoms with van der Waals surface area (Å²) >= 11 is 3.67. The molecule has 0 aliphatic carbocycles. The number of ether oxygens (including phenoxy) is 1. The maximum Gasteiger partial charge on any atom is 0.260 e. The van der Waals surface area contributed by atoms with E-state index in [0.717, 1.165) is 27.0 Å². The Morgan fingerprint density at radius 2 is 2.11 bits per heavy atom. The molecule has 4 nitrogen and oxygen atoms in total. The summed E-state index contributed by atoms with van der Waals surface area (Å²) in [6, 6.07) is 14.0. The highest BCUT2D eigenvalue weighted by atomic mass is 127. The van der Waals surface area contributed by atoms with E-state index >= 15 is 0 Å². The summed E-state index contributed by atoms with van der Waals surface area (Å²) in [7, 11) is 0. The van der Waals surface area contributed by atoms with Crippen molar-refractivity contribution < 1.29 is 9.53 Å². The number of hydrogen-bond donors (Lipinski definition) is 2. The van der Waals surface area contributed by atoms with E-state index in [1.165, 1.54) is 17.3 Å². The third-order valence-electron chi connectivity index (χ3n) is 3.96. The van der Waals surface area contributed by atoms with Gasteiger partial charge >= 0.3 is 0 Å². The van der Waals surface area contributed by atoms with Gasteiger partial charge in [-0.3, -0.25) is 4.79 Å². The fraction of sp³-hybridized carbons (Fsp3) is 0.190. The Morgan fingerprint density at radius 1 is 1.33 bits per heavy atom. The minimum atomic E-state index is -0.187. The summed E-state index contributed by atoms with van der Waals surface area (Å²) in [5, 5.41) is 6.28. The van der Waals surface area contributed by atoms with Crippen molar-refractivity contribution in [2.24, 2.45) is 0 Å². The van der Waals surface area contributed by atoms with Gasteiger partial charge in [-0.2, -0.15) is 0 Å². The molecular formula is C21H19IN2O2S. The van der Waals surface area contributed by atoms with Crippen molar-refractivity contribution in [3.63, 3.8) is 0 Å². The van der Waals surface area contributed by atoms with Crippen LogP contribution in [0.3, 0.4) is 0 Å². The molecule has 1 aliphatic heterocycles. The molecule has 0 unspecified atom stereocenters. The number of hydrogen-bond acceptors (Lipinski definition) is 4. The van der Waals surface area contributed by atoms with Crippen LogP contribution in [0.2, 0.25) is 0 Å². The molecule has 2 aromatic carbocycles. The molecule has 27 heavy (non-hydrogen) atoms. The highest BCUT2D eigenvalue weighted by Crippen LogP contribution is 2.31. The van der Waals surface area contributed by atoms with E-state index in [9.17, 15) is 4.79 Å². The van der Waals surface area contributed by atoms with Crippen LogP contribution in [0, 0.1) is 15.9 Å². The first kappa shape index (κ1) is 19.6. The van der Waals surface area contributed by atoms with Crippen molar-refractivity contribution in [1.82, 2.24) is 5.32 Å². The lowest BCUT2D eigenvalue weighted by Crippen LogP contribution is -2.30. The predicted molar refractivity (Wildman–Crippen MR) is 120 cm³/mol. The van der Waals surface area contributed by atoms with E-state index in [0.29, 0.717) is 4.91 Å². The minimum Gasteiger partial charge on any atom is -0.480 e. The van der Waals surface area contributed by atoms with Gasteiger partial charge in [0.05, 0.1) is 8.48 Å². The maximum absolute atomic E-state index is 12.3. The average molecular weight is 490 g/mol. The summed E-state index contributed by atoms with van der Waals surface area (Å²) in [5.41, 5.74) is 3.02. The summed E-state index contributed by atoms with van der Waals surface area (Å²) in [6.07, 6.45) is 8.11. The topological polar surface area (TPSA) is 50.4 Å². The van der Waals surface area contributed by atoms with Crippen LogP contribution in [0.15, 0.2) is 47.4 Å². The lowest BCUT2D eigenvalue weighted by atomic mass is 10.1. The molecule has 0 bridgehead atoms. The lowest BCUT2D eigenvalue weighted by Gasteiger charge is -2.12. The maximum atomic E-state index is 12.3. The molecule has 1 fully saturated rings. The lowest BCUT2D eigenvalue weighted by molar-refractivity contribution is -0.116. The van der Waals surface area contributed by atoms with Crippen LogP contribution in [-0.4, -0.2) is 18.0 Å². The number of rotatable bonds is 6. The van der Waals surface area contributed by atoms with Gasteiger partial charge in [0.2, 0.25) is 0 Å². The Labute approximate surface area is 177 Å². The first-order valence-electron chi connectivity index (χ1n) is 8.49. The van der Waals surface area contributed by atoms with Crippen molar-refractivity contribution in [2.45, 2.75) is 18.8 Å². The van der Waals surface area contributed by atoms with Gasteiger partial charge < -0.3 is 15.4 Å². The molecule has 0 aromatic heterocycles. The number of carbonyl (C=O) groups excluding carboxylic acids is 1. The highest BCUT2D eigenvalue weighted by molar-refractivity contribution is 14.1. The van der Waals surface area contributed by atoms with E-state index in [4.69, 9.17) is 11.2 Å². The molecule has 0 spiro atoms. The first-order chi connectivity index (χ1) is 13.1. The smallest absolute Gasteiger partial charge is 0.260 e. The van der Waals surface area contributed by atoms with Crippen LogP contribution < -0.4 is 15.4 Å². The van der Waals surface area contributed by atoms with Gasteiger partial charge in [0, 0.05) is 5.69 Å². The molecule has 1 atom stereocenters. The molecule has 1 heterocycles. The number of benzene rings is 2. The zero-order valence-corrected chi connectivity index (χ0v) is 17.8. The molecule has 0 saturated carbocycles. The Kier molecular flexibility index (Phi) is 6.69. The third-order valence-corrected chi connectivity index (χ3v) is 5.83. The van der Waals surface area contributed by atoms with E-state index in [1.807, 2.05) is 36.4 Å². The fourth-order valence-electron chi connectivity index (χ4n) is 2.55. The minimum absolute atomic E-state index is 0.0784. The fourth-order valence-corrected chi connectivity index (χ4v) is 4.23. The van der Waals surface area contributed by atoms with Crippen LogP contribution in [-0.2, 0) is 11.2 Å². The molecule has 6 heteroatoms. The highest BCUT2D eigenvalue weighted by Gasteiger charge is 2.27. The Hall–Kier alpha value is -2.11. The monoisotopic (exact) mass is 490 g/mol. The summed E-state index contributed by atoms with van der Waals surface area (Å²) in [5.74, 6) is 3.12. The van der Waals surface area contributed by atoms with Gasteiger partial charge in [0.25, 0.3) is 5.91 Å². The predicted octanol–water partition coefficient (Wildman–Crippen LogP) is 4.47. The van der Waals surface area contributed by atoms with Crippen molar-refractivity contribution in [1.29, 1.82) is 0 Å². The molecular weight excluding hydrogens is 471 g/mol. The van der Waals surface area contributed by atoms with Crippen molar-refractivity contribution in [3.8, 4) is 18.1 Å². The van der Waals surface area contributed by atoms with E-state index < -0.39 is 0 Å². The van der Waals surface area contributed by atoms with Gasteiger partial charge in [0.1, 0.15) is 12.4 Å². The van der Waals surface area contributed by atoms with Crippen LogP contribution in [0.25, 0.3) is 6.08 Å². The third kappa shape index (κ3) is 5.21. The standard InChI is InChI=1S/C21H19IN2O2S/c1-3-11-26-18-10-7-15(12-17(18)22)13-19-20(25)24-21(27-19)23-16-8-5-14(4-2)6-9-16/h1,5-10,12-13,21,23H,4,11H2,2H3,(H,24,25)/b19-13-/t21-/m1/s1. The quantitative estimate of drug-likeness (QED) is 0.357. The van der Waals surface area contributed by atoms with Gasteiger partial charge in [0.15, 0.2) is 5.50 Å². The number of nitrogens with one attached hydrogen (secondary N) is 2. The molecule has 3 rings (SSSR count). The number of amides is 1. The normalized spacial score (nSPS) is 17.4. The van der Waals surface area contributed by atoms with Crippen LogP contribution in [0.5, 0.6) is 5.75 Å². The number of terminal acetylenes is 1. The SMILES string of the molecule is C#CCOc1ccc(/C=C2\S[C@H](Nc3ccc(CC)cc3)NC2=O)cc1I. The van der Waals surface area contributed by atoms with Gasteiger partial charge in [-0.1, -0.05) is 42.8 Å². The number of halogens is 1. The second-order valence-corrected chi connectivity index (χ2v) is 8.17. The summed E-state index contributed by atoms with van der Waals surface area (Å²) < 4.78 is 6.42. The van der Waals surface area contributed by atoms with Crippen molar-refractivity contribution in [3.05, 3.63) is 62.1 Å². The Bertz CT molecular complexity index is 903. The number of aryl methyl sites for hydroxylation is 1. The van der Waals surface area contributed by atoms with Crippen molar-refractivity contribution in [2.75, 3.05) is 11.9 Å². The molecule has 1 aliphatic rings. The van der Waals surface area contributed by atoms with E-state index in [-0.39, 0.29) is 18.0 Å². The average Bonchev–Trinajstić information content (AvgIpc) is 3.00. The molecule has 0 radical (unpaired) electrons. The van der Waals surface area contributed by atoms with Crippen LogP contribution in [0.4, 0.5) is 5.69 Å². The Morgan fingerprint density at radius 3 is 2.78 bits per heavy atom. The first-order valence-corrected chi connectivity index (χ1v) is 10.5. The zero-order chi connectivity index (χ0) is 19.2. The molecule has 2 aromatic rings. The molecule has 2 N–H and O–H groups in total. The second kappa shape index (κ2) is 9.20. The molecule has 1 saturated heterocycles. The van der Waals surface area contributed by atoms with Gasteiger partial charge in [-0.15, -0.1) is 6.42 Å². The second-order valence-electron chi connectivity index (χ2n) is 5.86. The van der Waals surface area contributed by atoms with Gasteiger partial charge in [-0.05, 0) is 70.5 Å². The number of thioether (sulfide) groups is 1. The largest absolute Gasteiger partial charge is 0.480 e. The van der Waals surface area contributed by atoms with E-state index in [1.54, 1.807) is 0 Å². The zero-order valence-electron chi connectivity index (χ0n) is 14.8. The number of anilines is 1. The van der Waals surface area contributed by atoms with Crippen LogP contribution in [0.1, 0.15) is 18.1 Å². The summed E-state index contributed by atoms with van der Waals surface area (Å²) in [6.45, 7) is 2.36. The molecule has 138 valence electrons.